The summed E-state index contributed by atoms with van der Waals surface area (Å²) in [5, 5.41) is 0. The van der Waals surface area contributed by atoms with Gasteiger partial charge in [0.25, 0.3) is 0 Å². The number of ether oxygens (including phenoxy) is 2. The van der Waals surface area contributed by atoms with E-state index in [0.29, 0.717) is 0 Å². The van der Waals surface area contributed by atoms with Crippen molar-refractivity contribution >= 4 is 15.9 Å². The van der Waals surface area contributed by atoms with E-state index in [1.807, 2.05) is 18.2 Å². The minimum atomic E-state index is -0.0437. The van der Waals surface area contributed by atoms with Crippen LogP contribution in [0, 0.1) is 6.92 Å². The molecule has 0 radical (unpaired) electrons. The third-order valence-corrected chi connectivity index (χ3v) is 4.80. The third-order valence-electron chi connectivity index (χ3n) is 3.91. The maximum atomic E-state index is 6.32. The monoisotopic (exact) mass is 347 g/mol. The standard InChI is InChI=1S/C17H18BrNO2/c1-10-7-11(3-5-14(10)18)17-9-15(19)13-8-12(20-2)4-6-16(13)21-17/h3-8,15,17H,9,19H2,1-2H3. The molecule has 1 aliphatic heterocycles. The van der Waals surface area contributed by atoms with E-state index < -0.39 is 0 Å². The molecule has 0 fully saturated rings. The molecule has 1 heterocycles. The van der Waals surface area contributed by atoms with Crippen LogP contribution in [0.4, 0.5) is 0 Å². The second-order valence-electron chi connectivity index (χ2n) is 5.36. The minimum Gasteiger partial charge on any atom is -0.497 e. The van der Waals surface area contributed by atoms with Crippen LogP contribution in [0.25, 0.3) is 0 Å². The Labute approximate surface area is 133 Å². The van der Waals surface area contributed by atoms with Crippen molar-refractivity contribution in [1.29, 1.82) is 0 Å². The zero-order valence-electron chi connectivity index (χ0n) is 12.1. The molecule has 2 aromatic rings. The lowest BCUT2D eigenvalue weighted by molar-refractivity contribution is 0.161. The Balaban J connectivity index is 1.92. The number of aryl methyl sites for hydroxylation is 1. The van der Waals surface area contributed by atoms with Crippen molar-refractivity contribution < 1.29 is 9.47 Å². The molecule has 0 aliphatic carbocycles. The second-order valence-corrected chi connectivity index (χ2v) is 6.22. The summed E-state index contributed by atoms with van der Waals surface area (Å²) in [4.78, 5) is 0. The predicted molar refractivity (Wildman–Crippen MR) is 86.8 cm³/mol. The minimum absolute atomic E-state index is 0.00676. The highest BCUT2D eigenvalue weighted by Gasteiger charge is 2.27. The topological polar surface area (TPSA) is 44.5 Å². The molecule has 2 N–H and O–H groups in total. The van der Waals surface area contributed by atoms with Crippen LogP contribution in [0.5, 0.6) is 11.5 Å². The summed E-state index contributed by atoms with van der Waals surface area (Å²) in [6.07, 6.45) is 0.758. The van der Waals surface area contributed by atoms with Crippen molar-refractivity contribution in [2.45, 2.75) is 25.5 Å². The molecule has 0 amide bonds. The average Bonchev–Trinajstić information content (AvgIpc) is 2.49. The number of hydrogen-bond donors (Lipinski definition) is 1. The lowest BCUT2D eigenvalue weighted by atomic mass is 9.93. The average molecular weight is 348 g/mol. The molecule has 0 saturated carbocycles. The Morgan fingerprint density at radius 1 is 1.24 bits per heavy atom. The molecule has 3 nitrogen and oxygen atoms in total. The summed E-state index contributed by atoms with van der Waals surface area (Å²) >= 11 is 3.53. The Bertz CT molecular complexity index is 672. The van der Waals surface area contributed by atoms with Gasteiger partial charge in [-0.1, -0.05) is 28.1 Å². The highest BCUT2D eigenvalue weighted by Crippen LogP contribution is 2.41. The highest BCUT2D eigenvalue weighted by molar-refractivity contribution is 9.10. The molecule has 0 saturated heterocycles. The summed E-state index contributed by atoms with van der Waals surface area (Å²) in [6.45, 7) is 2.08. The smallest absolute Gasteiger partial charge is 0.126 e. The van der Waals surface area contributed by atoms with Crippen molar-refractivity contribution in [2.24, 2.45) is 5.73 Å². The van der Waals surface area contributed by atoms with Crippen molar-refractivity contribution in [1.82, 2.24) is 0 Å². The van der Waals surface area contributed by atoms with E-state index in [1.165, 1.54) is 5.56 Å². The zero-order valence-corrected chi connectivity index (χ0v) is 13.7. The van der Waals surface area contributed by atoms with Gasteiger partial charge in [-0.2, -0.15) is 0 Å². The summed E-state index contributed by atoms with van der Waals surface area (Å²) in [6, 6.07) is 12.1. The molecule has 2 aromatic carbocycles. The van der Waals surface area contributed by atoms with E-state index in [4.69, 9.17) is 15.2 Å². The molecule has 21 heavy (non-hydrogen) atoms. The number of halogens is 1. The van der Waals surface area contributed by atoms with Gasteiger partial charge in [0.1, 0.15) is 17.6 Å². The maximum absolute atomic E-state index is 6.32. The van der Waals surface area contributed by atoms with E-state index in [2.05, 4.69) is 41.1 Å². The molecule has 0 bridgehead atoms. The maximum Gasteiger partial charge on any atom is 0.126 e. The summed E-state index contributed by atoms with van der Waals surface area (Å²) in [5.41, 5.74) is 9.69. The molecule has 110 valence electrons. The zero-order chi connectivity index (χ0) is 15.0. The van der Waals surface area contributed by atoms with Gasteiger partial charge >= 0.3 is 0 Å². The van der Waals surface area contributed by atoms with Crippen LogP contribution in [-0.2, 0) is 0 Å². The first kappa shape index (κ1) is 14.4. The van der Waals surface area contributed by atoms with Gasteiger partial charge in [-0.25, -0.2) is 0 Å². The fourth-order valence-electron chi connectivity index (χ4n) is 2.68. The van der Waals surface area contributed by atoms with Crippen LogP contribution < -0.4 is 15.2 Å². The van der Waals surface area contributed by atoms with Crippen LogP contribution in [0.3, 0.4) is 0 Å². The summed E-state index contributed by atoms with van der Waals surface area (Å²) < 4.78 is 12.5. The van der Waals surface area contributed by atoms with Gasteiger partial charge in [0, 0.05) is 22.5 Å². The Kier molecular flexibility index (Phi) is 3.91. The third kappa shape index (κ3) is 2.78. The number of nitrogens with two attached hydrogens (primary N) is 1. The van der Waals surface area contributed by atoms with E-state index in [1.54, 1.807) is 7.11 Å². The van der Waals surface area contributed by atoms with Gasteiger partial charge in [0.2, 0.25) is 0 Å². The van der Waals surface area contributed by atoms with E-state index in [0.717, 1.165) is 33.5 Å². The molecule has 4 heteroatoms. The van der Waals surface area contributed by atoms with Crippen LogP contribution >= 0.6 is 15.9 Å². The first-order chi connectivity index (χ1) is 10.1. The van der Waals surface area contributed by atoms with Crippen molar-refractivity contribution in [3.8, 4) is 11.5 Å². The van der Waals surface area contributed by atoms with E-state index in [9.17, 15) is 0 Å². The van der Waals surface area contributed by atoms with Crippen LogP contribution in [-0.4, -0.2) is 7.11 Å². The number of rotatable bonds is 2. The van der Waals surface area contributed by atoms with Gasteiger partial charge in [-0.3, -0.25) is 0 Å². The van der Waals surface area contributed by atoms with Crippen LogP contribution in [0.2, 0.25) is 0 Å². The molecule has 1 aliphatic rings. The quantitative estimate of drug-likeness (QED) is 0.881. The lowest BCUT2D eigenvalue weighted by Crippen LogP contribution is -2.24. The van der Waals surface area contributed by atoms with Crippen LogP contribution in [0.15, 0.2) is 40.9 Å². The molecule has 2 unspecified atom stereocenters. The van der Waals surface area contributed by atoms with Crippen molar-refractivity contribution in [2.75, 3.05) is 7.11 Å². The molecule has 0 spiro atoms. The molecule has 3 rings (SSSR count). The fraction of sp³-hybridized carbons (Fsp3) is 0.294. The van der Waals surface area contributed by atoms with E-state index in [-0.39, 0.29) is 12.1 Å². The van der Waals surface area contributed by atoms with E-state index >= 15 is 0 Å². The number of fused-ring (bicyclic) bond motifs is 1. The number of methoxy groups -OCH3 is 1. The second kappa shape index (κ2) is 5.70. The largest absolute Gasteiger partial charge is 0.497 e. The molecule has 0 aromatic heterocycles. The van der Waals surface area contributed by atoms with Crippen molar-refractivity contribution in [3.05, 3.63) is 57.6 Å². The summed E-state index contributed by atoms with van der Waals surface area (Å²) in [7, 11) is 1.66. The van der Waals surface area contributed by atoms with Crippen LogP contribution in [0.1, 0.15) is 35.3 Å². The fourth-order valence-corrected chi connectivity index (χ4v) is 2.93. The Hall–Kier alpha value is -1.52. The number of benzene rings is 2. The molecule has 2 atom stereocenters. The Morgan fingerprint density at radius 3 is 2.76 bits per heavy atom. The van der Waals surface area contributed by atoms with Crippen molar-refractivity contribution in [3.63, 3.8) is 0 Å². The molecular weight excluding hydrogens is 330 g/mol. The first-order valence-electron chi connectivity index (χ1n) is 6.94. The van der Waals surface area contributed by atoms with Gasteiger partial charge in [-0.15, -0.1) is 0 Å². The highest BCUT2D eigenvalue weighted by atomic mass is 79.9. The van der Waals surface area contributed by atoms with Gasteiger partial charge in [0.15, 0.2) is 0 Å². The Morgan fingerprint density at radius 2 is 2.05 bits per heavy atom. The summed E-state index contributed by atoms with van der Waals surface area (Å²) in [5.74, 6) is 1.66. The number of hydrogen-bond acceptors (Lipinski definition) is 3. The SMILES string of the molecule is COc1ccc2c(c1)C(N)CC(c1ccc(Br)c(C)c1)O2. The molecular formula is C17H18BrNO2. The lowest BCUT2D eigenvalue weighted by Gasteiger charge is -2.31. The first-order valence-corrected chi connectivity index (χ1v) is 7.74. The van der Waals surface area contributed by atoms with Gasteiger partial charge in [0.05, 0.1) is 7.11 Å². The predicted octanol–water partition coefficient (Wildman–Crippen LogP) is 4.29. The normalized spacial score (nSPS) is 20.6. The van der Waals surface area contributed by atoms with Gasteiger partial charge < -0.3 is 15.2 Å². The van der Waals surface area contributed by atoms with Gasteiger partial charge in [-0.05, 0) is 42.3 Å².